The van der Waals surface area contributed by atoms with Gasteiger partial charge in [-0.2, -0.15) is 0 Å². The molecule has 0 unspecified atom stereocenters. The van der Waals surface area contributed by atoms with Gasteiger partial charge < -0.3 is 14.8 Å². The van der Waals surface area contributed by atoms with Gasteiger partial charge in [0.15, 0.2) is 0 Å². The average Bonchev–Trinajstić information content (AvgIpc) is 2.96. The van der Waals surface area contributed by atoms with Gasteiger partial charge in [0.05, 0.1) is 29.3 Å². The topological polar surface area (TPSA) is 61.4 Å². The first kappa shape index (κ1) is 18.4. The molecule has 25 heavy (non-hydrogen) atoms. The van der Waals surface area contributed by atoms with Crippen molar-refractivity contribution in [2.75, 3.05) is 26.2 Å². The van der Waals surface area contributed by atoms with Crippen LogP contribution in [0.4, 0.5) is 0 Å². The molecule has 2 atom stereocenters. The van der Waals surface area contributed by atoms with E-state index in [4.69, 9.17) is 9.72 Å². The Kier molecular flexibility index (Phi) is 5.46. The van der Waals surface area contributed by atoms with Crippen molar-refractivity contribution in [3.05, 3.63) is 29.6 Å². The highest BCUT2D eigenvalue weighted by Gasteiger charge is 2.25. The van der Waals surface area contributed by atoms with E-state index in [0.717, 1.165) is 42.8 Å². The Labute approximate surface area is 150 Å². The number of hydrogen-bond acceptors (Lipinski definition) is 4. The van der Waals surface area contributed by atoms with Crippen LogP contribution in [-0.4, -0.2) is 57.9 Å². The lowest BCUT2D eigenvalue weighted by atomic mass is 9.97. The molecule has 2 N–H and O–H groups in total. The molecule has 1 fully saturated rings. The zero-order chi connectivity index (χ0) is 18.0. The molecule has 1 aromatic carbocycles. The van der Waals surface area contributed by atoms with Crippen molar-refractivity contribution in [1.29, 1.82) is 0 Å². The number of nitrogens with one attached hydrogen (secondary N) is 1. The average molecular weight is 345 g/mol. The standard InChI is InChI=1S/C20H31N3O2/c1-14-7-8-17-18(10-14)22-19(21-17)15-6-5-9-23(11-15)12-16(24)13-25-20(2,3)4/h7-8,10,15-16,24H,5-6,9,11-13H2,1-4H3,(H,21,22)/t15-,16+/m0/s1. The first-order valence-corrected chi connectivity index (χ1v) is 9.31. The monoisotopic (exact) mass is 345 g/mol. The fourth-order valence-corrected chi connectivity index (χ4v) is 3.48. The summed E-state index contributed by atoms with van der Waals surface area (Å²) in [6.45, 7) is 11.2. The van der Waals surface area contributed by atoms with E-state index in [0.29, 0.717) is 19.1 Å². The van der Waals surface area contributed by atoms with Crippen LogP contribution in [0.3, 0.4) is 0 Å². The molecule has 1 aliphatic heterocycles. The number of β-amino-alcohol motifs (C(OH)–C–C–N with tert-alkyl or cyclic N) is 1. The Morgan fingerprint density at radius 2 is 2.20 bits per heavy atom. The number of benzene rings is 1. The van der Waals surface area contributed by atoms with Gasteiger partial charge in [-0.15, -0.1) is 0 Å². The molecule has 1 aromatic heterocycles. The Hall–Kier alpha value is -1.43. The molecule has 3 rings (SSSR count). The van der Waals surface area contributed by atoms with E-state index in [9.17, 15) is 5.11 Å². The molecule has 2 aromatic rings. The Balaban J connectivity index is 1.60. The second-order valence-corrected chi connectivity index (χ2v) is 8.32. The van der Waals surface area contributed by atoms with Crippen molar-refractivity contribution in [2.45, 2.75) is 58.2 Å². The minimum atomic E-state index is -0.448. The van der Waals surface area contributed by atoms with Crippen molar-refractivity contribution in [2.24, 2.45) is 0 Å². The van der Waals surface area contributed by atoms with Gasteiger partial charge in [-0.25, -0.2) is 4.98 Å². The van der Waals surface area contributed by atoms with Crippen molar-refractivity contribution in [1.82, 2.24) is 14.9 Å². The Morgan fingerprint density at radius 3 is 2.96 bits per heavy atom. The lowest BCUT2D eigenvalue weighted by molar-refractivity contribution is -0.0575. The first-order chi connectivity index (χ1) is 11.8. The fraction of sp³-hybridized carbons (Fsp3) is 0.650. The van der Waals surface area contributed by atoms with Gasteiger partial charge in [-0.1, -0.05) is 6.07 Å². The number of rotatable bonds is 5. The number of fused-ring (bicyclic) bond motifs is 1. The van der Waals surface area contributed by atoms with Crippen LogP contribution in [0.1, 0.15) is 50.9 Å². The fourth-order valence-electron chi connectivity index (χ4n) is 3.48. The zero-order valence-electron chi connectivity index (χ0n) is 15.9. The normalized spacial score (nSPS) is 20.9. The molecule has 138 valence electrons. The highest BCUT2D eigenvalue weighted by Crippen LogP contribution is 2.27. The Morgan fingerprint density at radius 1 is 1.40 bits per heavy atom. The summed E-state index contributed by atoms with van der Waals surface area (Å²) in [4.78, 5) is 10.6. The number of piperidine rings is 1. The van der Waals surface area contributed by atoms with E-state index in [-0.39, 0.29) is 5.60 Å². The van der Waals surface area contributed by atoms with Crippen molar-refractivity contribution >= 4 is 11.0 Å². The van der Waals surface area contributed by atoms with E-state index in [2.05, 4.69) is 35.0 Å². The molecule has 5 nitrogen and oxygen atoms in total. The Bertz CT molecular complexity index is 705. The van der Waals surface area contributed by atoms with E-state index < -0.39 is 6.10 Å². The van der Waals surface area contributed by atoms with E-state index >= 15 is 0 Å². The molecule has 1 aliphatic rings. The third-order valence-electron chi connectivity index (χ3n) is 4.73. The molecular formula is C20H31N3O2. The van der Waals surface area contributed by atoms with Gasteiger partial charge in [-0.05, 0) is 64.8 Å². The summed E-state index contributed by atoms with van der Waals surface area (Å²) >= 11 is 0. The zero-order valence-corrected chi connectivity index (χ0v) is 15.9. The molecular weight excluding hydrogens is 314 g/mol. The number of aromatic amines is 1. The summed E-state index contributed by atoms with van der Waals surface area (Å²) in [5.41, 5.74) is 3.19. The first-order valence-electron chi connectivity index (χ1n) is 9.31. The van der Waals surface area contributed by atoms with Crippen molar-refractivity contribution < 1.29 is 9.84 Å². The van der Waals surface area contributed by atoms with Crippen LogP contribution >= 0.6 is 0 Å². The van der Waals surface area contributed by atoms with Gasteiger partial charge in [0.2, 0.25) is 0 Å². The minimum absolute atomic E-state index is 0.210. The smallest absolute Gasteiger partial charge is 0.111 e. The second kappa shape index (κ2) is 7.44. The van der Waals surface area contributed by atoms with Gasteiger partial charge in [0, 0.05) is 19.0 Å². The number of aryl methyl sites for hydroxylation is 1. The molecule has 0 spiro atoms. The molecule has 0 bridgehead atoms. The maximum atomic E-state index is 10.3. The summed E-state index contributed by atoms with van der Waals surface area (Å²) in [7, 11) is 0. The summed E-state index contributed by atoms with van der Waals surface area (Å²) in [5, 5.41) is 10.3. The van der Waals surface area contributed by atoms with Gasteiger partial charge in [0.25, 0.3) is 0 Å². The van der Waals surface area contributed by atoms with Gasteiger partial charge in [0.1, 0.15) is 5.82 Å². The minimum Gasteiger partial charge on any atom is -0.389 e. The van der Waals surface area contributed by atoms with Crippen LogP contribution in [0.25, 0.3) is 11.0 Å². The number of likely N-dealkylation sites (tertiary alicyclic amines) is 1. The molecule has 5 heteroatoms. The van der Waals surface area contributed by atoms with E-state index in [1.807, 2.05) is 20.8 Å². The molecule has 1 saturated heterocycles. The van der Waals surface area contributed by atoms with Crippen molar-refractivity contribution in [3.63, 3.8) is 0 Å². The summed E-state index contributed by atoms with van der Waals surface area (Å²) in [6, 6.07) is 6.34. The van der Waals surface area contributed by atoms with E-state index in [1.165, 1.54) is 5.56 Å². The highest BCUT2D eigenvalue weighted by molar-refractivity contribution is 5.75. The quantitative estimate of drug-likeness (QED) is 0.873. The maximum absolute atomic E-state index is 10.3. The van der Waals surface area contributed by atoms with Crippen molar-refractivity contribution in [3.8, 4) is 0 Å². The number of aliphatic hydroxyl groups is 1. The number of H-pyrrole nitrogens is 1. The highest BCUT2D eigenvalue weighted by atomic mass is 16.5. The lowest BCUT2D eigenvalue weighted by Crippen LogP contribution is -2.41. The number of nitrogens with zero attached hydrogens (tertiary/aromatic N) is 2. The second-order valence-electron chi connectivity index (χ2n) is 8.32. The predicted molar refractivity (Wildman–Crippen MR) is 101 cm³/mol. The SMILES string of the molecule is Cc1ccc2nc([C@H]3CCCN(C[C@@H](O)COC(C)(C)C)C3)[nH]c2c1. The molecule has 0 saturated carbocycles. The molecule has 0 amide bonds. The largest absolute Gasteiger partial charge is 0.389 e. The van der Waals surface area contributed by atoms with Crippen LogP contribution in [0, 0.1) is 6.92 Å². The number of ether oxygens (including phenoxy) is 1. The van der Waals surface area contributed by atoms with Gasteiger partial charge in [-0.3, -0.25) is 4.90 Å². The summed E-state index contributed by atoms with van der Waals surface area (Å²) in [6.07, 6.45) is 1.83. The molecule has 0 radical (unpaired) electrons. The molecule has 2 heterocycles. The maximum Gasteiger partial charge on any atom is 0.111 e. The lowest BCUT2D eigenvalue weighted by Gasteiger charge is -2.33. The van der Waals surface area contributed by atoms with E-state index in [1.54, 1.807) is 0 Å². The number of imidazole rings is 1. The van der Waals surface area contributed by atoms with Crippen LogP contribution in [0.5, 0.6) is 0 Å². The predicted octanol–water partition coefficient (Wildman–Crippen LogP) is 3.23. The summed E-state index contributed by atoms with van der Waals surface area (Å²) in [5.74, 6) is 1.47. The third kappa shape index (κ3) is 5.03. The van der Waals surface area contributed by atoms with Crippen LogP contribution < -0.4 is 0 Å². The number of hydrogen-bond donors (Lipinski definition) is 2. The number of aromatic nitrogens is 2. The molecule has 0 aliphatic carbocycles. The number of aliphatic hydroxyl groups excluding tert-OH is 1. The summed E-state index contributed by atoms with van der Waals surface area (Å²) < 4.78 is 5.70. The van der Waals surface area contributed by atoms with Crippen LogP contribution in [0.15, 0.2) is 18.2 Å². The third-order valence-corrected chi connectivity index (χ3v) is 4.73. The van der Waals surface area contributed by atoms with Crippen LogP contribution in [-0.2, 0) is 4.74 Å². The van der Waals surface area contributed by atoms with Gasteiger partial charge >= 0.3 is 0 Å². The van der Waals surface area contributed by atoms with Crippen LogP contribution in [0.2, 0.25) is 0 Å².